The summed E-state index contributed by atoms with van der Waals surface area (Å²) in [6, 6.07) is 0.831. The van der Waals surface area contributed by atoms with E-state index < -0.39 is 0 Å². The van der Waals surface area contributed by atoms with Crippen molar-refractivity contribution < 1.29 is 9.53 Å². The summed E-state index contributed by atoms with van der Waals surface area (Å²) in [7, 11) is 0. The standard InChI is InChI=1S/C16H32N2O2/c1-11(2)9-18(12(3)4)10-14-7-8-15(17-14)16(19)20-13(5)6/h11-15,17H,7-10H2,1-6H3. The third-order valence-electron chi connectivity index (χ3n) is 3.66. The molecule has 1 aliphatic heterocycles. The Bertz CT molecular complexity index is 303. The summed E-state index contributed by atoms with van der Waals surface area (Å²) in [5, 5.41) is 3.44. The van der Waals surface area contributed by atoms with Crippen molar-refractivity contribution in [1.82, 2.24) is 10.2 Å². The van der Waals surface area contributed by atoms with Gasteiger partial charge in [-0.15, -0.1) is 0 Å². The van der Waals surface area contributed by atoms with Crippen LogP contribution < -0.4 is 5.32 Å². The van der Waals surface area contributed by atoms with E-state index in [1.807, 2.05) is 13.8 Å². The quantitative estimate of drug-likeness (QED) is 0.729. The average Bonchev–Trinajstić information content (AvgIpc) is 2.75. The third kappa shape index (κ3) is 5.80. The van der Waals surface area contributed by atoms with Crippen molar-refractivity contribution in [3.05, 3.63) is 0 Å². The predicted octanol–water partition coefficient (Wildman–Crippen LogP) is 2.42. The van der Waals surface area contributed by atoms with Gasteiger partial charge < -0.3 is 10.1 Å². The summed E-state index contributed by atoms with van der Waals surface area (Å²) in [4.78, 5) is 14.4. The van der Waals surface area contributed by atoms with Gasteiger partial charge in [0, 0.05) is 25.2 Å². The molecule has 4 nitrogen and oxygen atoms in total. The van der Waals surface area contributed by atoms with Crippen molar-refractivity contribution in [2.24, 2.45) is 5.92 Å². The minimum atomic E-state index is -0.115. The molecule has 1 fully saturated rings. The van der Waals surface area contributed by atoms with Crippen LogP contribution in [0.4, 0.5) is 0 Å². The summed E-state index contributed by atoms with van der Waals surface area (Å²) >= 11 is 0. The van der Waals surface area contributed by atoms with Crippen molar-refractivity contribution >= 4 is 5.97 Å². The Labute approximate surface area is 124 Å². The van der Waals surface area contributed by atoms with Gasteiger partial charge in [-0.3, -0.25) is 9.69 Å². The Hall–Kier alpha value is -0.610. The van der Waals surface area contributed by atoms with Gasteiger partial charge in [-0.25, -0.2) is 0 Å². The molecule has 0 saturated carbocycles. The van der Waals surface area contributed by atoms with Gasteiger partial charge in [0.1, 0.15) is 6.04 Å². The number of hydrogen-bond donors (Lipinski definition) is 1. The monoisotopic (exact) mass is 284 g/mol. The summed E-state index contributed by atoms with van der Waals surface area (Å²) < 4.78 is 5.28. The first-order chi connectivity index (χ1) is 9.29. The van der Waals surface area contributed by atoms with Crippen LogP contribution in [-0.4, -0.2) is 48.2 Å². The lowest BCUT2D eigenvalue weighted by molar-refractivity contribution is -0.149. The number of nitrogens with zero attached hydrogens (tertiary/aromatic N) is 1. The smallest absolute Gasteiger partial charge is 0.323 e. The SMILES string of the molecule is CC(C)CN(CC1CCC(C(=O)OC(C)C)N1)C(C)C. The number of ether oxygens (including phenoxy) is 1. The van der Waals surface area contributed by atoms with Gasteiger partial charge in [0.15, 0.2) is 0 Å². The topological polar surface area (TPSA) is 41.6 Å². The molecule has 0 aromatic carbocycles. The fraction of sp³-hybridized carbons (Fsp3) is 0.938. The van der Waals surface area contributed by atoms with Gasteiger partial charge in [-0.05, 0) is 46.5 Å². The number of rotatable bonds is 7. The maximum Gasteiger partial charge on any atom is 0.323 e. The molecule has 2 atom stereocenters. The second-order valence-electron chi connectivity index (χ2n) is 6.92. The van der Waals surface area contributed by atoms with E-state index in [1.54, 1.807) is 0 Å². The fourth-order valence-corrected chi connectivity index (χ4v) is 2.71. The van der Waals surface area contributed by atoms with Crippen LogP contribution in [0, 0.1) is 5.92 Å². The number of carbonyl (C=O) groups is 1. The normalized spacial score (nSPS) is 23.3. The molecule has 1 rings (SSSR count). The number of hydrogen-bond acceptors (Lipinski definition) is 4. The predicted molar refractivity (Wildman–Crippen MR) is 82.7 cm³/mol. The largest absolute Gasteiger partial charge is 0.462 e. The van der Waals surface area contributed by atoms with Crippen LogP contribution in [0.2, 0.25) is 0 Å². The molecule has 1 N–H and O–H groups in total. The second-order valence-corrected chi connectivity index (χ2v) is 6.92. The minimum Gasteiger partial charge on any atom is -0.462 e. The van der Waals surface area contributed by atoms with Crippen LogP contribution in [0.25, 0.3) is 0 Å². The first-order valence-corrected chi connectivity index (χ1v) is 8.00. The van der Waals surface area contributed by atoms with E-state index in [2.05, 4.69) is 37.9 Å². The Kier molecular flexibility index (Phi) is 6.96. The average molecular weight is 284 g/mol. The lowest BCUT2D eigenvalue weighted by Gasteiger charge is -2.31. The fourth-order valence-electron chi connectivity index (χ4n) is 2.71. The Morgan fingerprint density at radius 3 is 2.35 bits per heavy atom. The molecule has 20 heavy (non-hydrogen) atoms. The van der Waals surface area contributed by atoms with Crippen molar-refractivity contribution in [3.63, 3.8) is 0 Å². The highest BCUT2D eigenvalue weighted by Crippen LogP contribution is 2.17. The van der Waals surface area contributed by atoms with Crippen LogP contribution in [-0.2, 0) is 9.53 Å². The van der Waals surface area contributed by atoms with Crippen molar-refractivity contribution in [1.29, 1.82) is 0 Å². The lowest BCUT2D eigenvalue weighted by atomic mass is 10.1. The Balaban J connectivity index is 2.44. The van der Waals surface area contributed by atoms with Gasteiger partial charge >= 0.3 is 5.97 Å². The molecule has 0 aromatic rings. The molecule has 1 aliphatic rings. The minimum absolute atomic E-state index is 0.0311. The second kappa shape index (κ2) is 7.99. The van der Waals surface area contributed by atoms with Gasteiger partial charge in [0.2, 0.25) is 0 Å². The van der Waals surface area contributed by atoms with E-state index in [-0.39, 0.29) is 18.1 Å². The number of esters is 1. The van der Waals surface area contributed by atoms with Crippen LogP contribution >= 0.6 is 0 Å². The maximum atomic E-state index is 11.9. The molecule has 0 aromatic heterocycles. The number of carbonyl (C=O) groups excluding carboxylic acids is 1. The van der Waals surface area contributed by atoms with Gasteiger partial charge in [-0.2, -0.15) is 0 Å². The first kappa shape index (κ1) is 17.4. The van der Waals surface area contributed by atoms with E-state index >= 15 is 0 Å². The molecule has 1 heterocycles. The summed E-state index contributed by atoms with van der Waals surface area (Å²) in [6.07, 6.45) is 1.92. The van der Waals surface area contributed by atoms with E-state index in [0.29, 0.717) is 18.0 Å². The Morgan fingerprint density at radius 2 is 1.85 bits per heavy atom. The zero-order chi connectivity index (χ0) is 15.3. The molecule has 2 unspecified atom stereocenters. The first-order valence-electron chi connectivity index (χ1n) is 8.00. The van der Waals surface area contributed by atoms with Crippen LogP contribution in [0.1, 0.15) is 54.4 Å². The number of nitrogens with one attached hydrogen (secondary N) is 1. The molecule has 0 bridgehead atoms. The lowest BCUT2D eigenvalue weighted by Crippen LogP contribution is -2.46. The van der Waals surface area contributed by atoms with Crippen LogP contribution in [0.5, 0.6) is 0 Å². The molecule has 0 spiro atoms. The van der Waals surface area contributed by atoms with Gasteiger partial charge in [0.05, 0.1) is 6.10 Å². The van der Waals surface area contributed by atoms with Gasteiger partial charge in [-0.1, -0.05) is 13.8 Å². The highest BCUT2D eigenvalue weighted by molar-refractivity contribution is 5.76. The zero-order valence-electron chi connectivity index (χ0n) is 14.0. The molecule has 4 heteroatoms. The van der Waals surface area contributed by atoms with Crippen molar-refractivity contribution in [3.8, 4) is 0 Å². The zero-order valence-corrected chi connectivity index (χ0v) is 14.0. The van der Waals surface area contributed by atoms with Crippen LogP contribution in [0.15, 0.2) is 0 Å². The van der Waals surface area contributed by atoms with Crippen molar-refractivity contribution in [2.45, 2.75) is 78.6 Å². The maximum absolute atomic E-state index is 11.9. The summed E-state index contributed by atoms with van der Waals surface area (Å²) in [6.45, 7) is 14.9. The van der Waals surface area contributed by atoms with E-state index in [9.17, 15) is 4.79 Å². The highest BCUT2D eigenvalue weighted by Gasteiger charge is 2.31. The Morgan fingerprint density at radius 1 is 1.20 bits per heavy atom. The summed E-state index contributed by atoms with van der Waals surface area (Å²) in [5.74, 6) is 0.572. The van der Waals surface area contributed by atoms with E-state index in [1.165, 1.54) is 0 Å². The molecule has 118 valence electrons. The molecule has 0 aliphatic carbocycles. The van der Waals surface area contributed by atoms with Crippen molar-refractivity contribution in [2.75, 3.05) is 13.1 Å². The van der Waals surface area contributed by atoms with E-state index in [4.69, 9.17) is 4.74 Å². The molecule has 0 radical (unpaired) electrons. The third-order valence-corrected chi connectivity index (χ3v) is 3.66. The molecular weight excluding hydrogens is 252 g/mol. The highest BCUT2D eigenvalue weighted by atomic mass is 16.5. The van der Waals surface area contributed by atoms with E-state index in [0.717, 1.165) is 25.9 Å². The van der Waals surface area contributed by atoms with Gasteiger partial charge in [0.25, 0.3) is 0 Å². The van der Waals surface area contributed by atoms with Crippen LogP contribution in [0.3, 0.4) is 0 Å². The molecular formula is C16H32N2O2. The molecule has 0 amide bonds. The molecule has 1 saturated heterocycles. The summed E-state index contributed by atoms with van der Waals surface area (Å²) in [5.41, 5.74) is 0.